The fraction of sp³-hybridized carbons (Fsp3) is 0.0714. The largest absolute Gasteiger partial charge is 1.00 e. The van der Waals surface area contributed by atoms with E-state index in [1.54, 1.807) is 13.8 Å². The van der Waals surface area contributed by atoms with Crippen LogP contribution in [0.15, 0.2) is 95.7 Å². The maximum absolute atomic E-state index is 13.0. The van der Waals surface area contributed by atoms with E-state index in [2.05, 4.69) is 25.6 Å². The molecule has 1 aromatic heterocycles. The number of fused-ring (bicyclic) bond motifs is 1. The number of azo groups is 2. The number of H-pyrrole nitrogens is 1. The minimum Gasteiger partial charge on any atom is -0.744 e. The minimum atomic E-state index is -5.20. The number of aryl methyl sites for hydroxylation is 2. The van der Waals surface area contributed by atoms with Crippen LogP contribution >= 0.6 is 0 Å². The molecule has 0 aliphatic heterocycles. The Morgan fingerprint density at radius 2 is 1.37 bits per heavy atom. The predicted molar refractivity (Wildman–Crippen MR) is 158 cm³/mol. The third kappa shape index (κ3) is 10.3. The molecule has 1 radical (unpaired) electrons. The van der Waals surface area contributed by atoms with Gasteiger partial charge in [0.2, 0.25) is 0 Å². The monoisotopic (exact) mass is 811 g/mol. The van der Waals surface area contributed by atoms with Gasteiger partial charge in [-0.2, -0.15) is 5.11 Å². The Hall–Kier alpha value is -2.24. The number of aromatic amines is 1. The third-order valence-corrected chi connectivity index (χ3v) is 8.57. The molecule has 5 aromatic rings. The standard InChI is InChI=1S/C28H22N6O11S2.Cu.3Na/c1-13-9-20(21(35)10-14(13)2)30-31-23-22(47(43,44)45)11-15-3-4-16(12-19(15)26(23)36)29-32-24-25(28(38)39)33-34(27(24)37)17-5-7-18(8-6-17)46(40,41)42;;;;/h3-12,33,35-36H,1-2H3,(H,38,39)(H,40,41,42)(H,43,44,45);;;;/q;;3*+1/p-3. The summed E-state index contributed by atoms with van der Waals surface area (Å²) in [5.74, 6) is -2.94. The van der Waals surface area contributed by atoms with Crippen LogP contribution in [0.2, 0.25) is 0 Å². The first kappa shape index (κ1) is 46.8. The zero-order valence-corrected chi connectivity index (χ0v) is 35.8. The number of phenols is 2. The number of carboxylic acids is 1. The summed E-state index contributed by atoms with van der Waals surface area (Å²) in [5, 5.41) is 50.3. The minimum absolute atomic E-state index is 0. The molecule has 0 atom stereocenters. The van der Waals surface area contributed by atoms with Gasteiger partial charge >= 0.3 is 88.7 Å². The van der Waals surface area contributed by atoms with Crippen molar-refractivity contribution in [2.45, 2.75) is 23.6 Å². The van der Waals surface area contributed by atoms with Gasteiger partial charge in [-0.05, 0) is 85.0 Å². The Morgan fingerprint density at radius 3 is 1.94 bits per heavy atom. The molecule has 0 saturated heterocycles. The summed E-state index contributed by atoms with van der Waals surface area (Å²) in [4.78, 5) is 23.3. The molecule has 253 valence electrons. The number of benzene rings is 4. The number of aromatic nitrogens is 2. The van der Waals surface area contributed by atoms with Gasteiger partial charge in [0.05, 0.1) is 27.1 Å². The first-order chi connectivity index (χ1) is 22.0. The van der Waals surface area contributed by atoms with Crippen molar-refractivity contribution in [3.63, 3.8) is 0 Å². The van der Waals surface area contributed by atoms with Crippen molar-refractivity contribution in [1.29, 1.82) is 0 Å². The summed E-state index contributed by atoms with van der Waals surface area (Å²) >= 11 is 0. The Kier molecular flexibility index (Phi) is 16.7. The summed E-state index contributed by atoms with van der Waals surface area (Å²) in [6.45, 7) is 3.46. The average Bonchev–Trinajstić information content (AvgIpc) is 3.33. The van der Waals surface area contributed by atoms with Gasteiger partial charge in [-0.1, -0.05) is 6.07 Å². The van der Waals surface area contributed by atoms with E-state index in [1.165, 1.54) is 30.3 Å². The van der Waals surface area contributed by atoms with Crippen molar-refractivity contribution in [3.8, 4) is 17.2 Å². The second-order valence-electron chi connectivity index (χ2n) is 9.97. The van der Waals surface area contributed by atoms with Gasteiger partial charge in [0, 0.05) is 22.5 Å². The van der Waals surface area contributed by atoms with E-state index in [1.807, 2.05) is 0 Å². The van der Waals surface area contributed by atoms with Gasteiger partial charge in [0.15, 0.2) is 11.4 Å². The summed E-state index contributed by atoms with van der Waals surface area (Å²) in [5.41, 5.74) is -2.07. The average molecular weight is 812 g/mol. The summed E-state index contributed by atoms with van der Waals surface area (Å²) in [7, 11) is -9.99. The molecule has 51 heavy (non-hydrogen) atoms. The van der Waals surface area contributed by atoms with Crippen molar-refractivity contribution in [2.75, 3.05) is 0 Å². The quantitative estimate of drug-likeness (QED) is 0.0755. The number of nitrogens with one attached hydrogen (secondary N) is 1. The van der Waals surface area contributed by atoms with Crippen LogP contribution in [0, 0.1) is 13.8 Å². The number of aromatic carboxylic acids is 1. The molecular formula is C28H19CuN6Na3O11S2. The van der Waals surface area contributed by atoms with Crippen LogP contribution in [0.4, 0.5) is 22.7 Å². The van der Waals surface area contributed by atoms with Crippen LogP contribution < -0.4 is 99.3 Å². The molecule has 0 unspecified atom stereocenters. The maximum atomic E-state index is 13.0. The molecule has 0 spiro atoms. The summed E-state index contributed by atoms with van der Waals surface area (Å²) < 4.78 is 70.5. The number of hydrogen-bond acceptors (Lipinski definition) is 15. The van der Waals surface area contributed by atoms with E-state index in [-0.39, 0.29) is 139 Å². The number of nitrogens with zero attached hydrogens (tertiary/aromatic N) is 5. The molecule has 3 N–H and O–H groups in total. The number of phenolic OH excluding ortho intramolecular Hbond substituents is 2. The van der Waals surface area contributed by atoms with Gasteiger partial charge in [-0.3, -0.25) is 9.89 Å². The molecule has 5 rings (SSSR count). The molecular weight excluding hydrogens is 793 g/mol. The molecule has 0 saturated carbocycles. The first-order valence-corrected chi connectivity index (χ1v) is 15.8. The third-order valence-electron chi connectivity index (χ3n) is 6.87. The van der Waals surface area contributed by atoms with Crippen molar-refractivity contribution in [1.82, 2.24) is 9.78 Å². The summed E-state index contributed by atoms with van der Waals surface area (Å²) in [6, 6.07) is 11.4. The second-order valence-corrected chi connectivity index (χ2v) is 12.7. The molecule has 0 amide bonds. The summed E-state index contributed by atoms with van der Waals surface area (Å²) in [6.07, 6.45) is 0. The van der Waals surface area contributed by atoms with Crippen LogP contribution in [0.5, 0.6) is 11.5 Å². The Morgan fingerprint density at radius 1 is 0.784 bits per heavy atom. The number of carbonyl (C=O) groups is 1. The van der Waals surface area contributed by atoms with E-state index in [4.69, 9.17) is 0 Å². The predicted octanol–water partition coefficient (Wildman–Crippen LogP) is -5.64. The van der Waals surface area contributed by atoms with Gasteiger partial charge in [-0.15, -0.1) is 15.3 Å². The van der Waals surface area contributed by atoms with E-state index < -0.39 is 64.4 Å². The van der Waals surface area contributed by atoms with E-state index in [9.17, 15) is 50.8 Å². The molecule has 4 aromatic carbocycles. The maximum Gasteiger partial charge on any atom is 1.00 e. The normalized spacial score (nSPS) is 11.5. The van der Waals surface area contributed by atoms with Gasteiger partial charge in [0.25, 0.3) is 5.56 Å². The molecule has 0 fully saturated rings. The Labute approximate surface area is 366 Å². The molecule has 0 aliphatic rings. The Balaban J connectivity index is 0.00000325. The van der Waals surface area contributed by atoms with Crippen LogP contribution in [0.25, 0.3) is 16.5 Å². The van der Waals surface area contributed by atoms with Gasteiger partial charge in [0.1, 0.15) is 43.1 Å². The zero-order valence-electron chi connectivity index (χ0n) is 27.2. The van der Waals surface area contributed by atoms with Crippen molar-refractivity contribution in [2.24, 2.45) is 20.5 Å². The smallest absolute Gasteiger partial charge is 0.744 e. The fourth-order valence-corrected chi connectivity index (χ4v) is 5.48. The van der Waals surface area contributed by atoms with Crippen LogP contribution in [0.1, 0.15) is 21.6 Å². The topological polar surface area (TPSA) is 282 Å². The molecule has 17 nitrogen and oxygen atoms in total. The van der Waals surface area contributed by atoms with Crippen LogP contribution in [-0.4, -0.2) is 51.9 Å². The SMILES string of the molecule is Cc1cc(O)c(N=Nc2c(S(=O)(=O)[O-])cc3ccc(N=Nc4c(C(=O)[O-])[nH]n(-c5ccc(S(=O)(=O)[O-])cc5)c4=O)cc3c2O)cc1C.[Cu].[Na+].[Na+].[Na+]. The van der Waals surface area contributed by atoms with Crippen molar-refractivity contribution in [3.05, 3.63) is 87.8 Å². The number of rotatable bonds is 8. The van der Waals surface area contributed by atoms with Crippen LogP contribution in [0.3, 0.4) is 0 Å². The number of carbonyl (C=O) groups excluding carboxylic acids is 1. The fourth-order valence-electron chi connectivity index (χ4n) is 4.36. The van der Waals surface area contributed by atoms with Gasteiger partial charge in [-0.25, -0.2) is 21.5 Å². The molecule has 1 heterocycles. The van der Waals surface area contributed by atoms with Crippen LogP contribution in [-0.2, 0) is 37.3 Å². The second kappa shape index (κ2) is 18.2. The van der Waals surface area contributed by atoms with Crippen molar-refractivity contribution < 1.29 is 152 Å². The molecule has 23 heteroatoms. The van der Waals surface area contributed by atoms with E-state index in [0.717, 1.165) is 41.5 Å². The number of hydrogen-bond donors (Lipinski definition) is 3. The zero-order chi connectivity index (χ0) is 34.4. The first-order valence-electron chi connectivity index (χ1n) is 13.0. The van der Waals surface area contributed by atoms with E-state index in [0.29, 0.717) is 4.68 Å². The van der Waals surface area contributed by atoms with Gasteiger partial charge < -0.3 is 29.2 Å². The number of aromatic hydroxyl groups is 2. The van der Waals surface area contributed by atoms with Crippen molar-refractivity contribution >= 4 is 59.7 Å². The Bertz CT molecular complexity index is 2470. The number of carboxylic acid groups (broad SMARTS) is 1. The molecule has 0 aliphatic carbocycles. The van der Waals surface area contributed by atoms with E-state index >= 15 is 0 Å². The molecule has 0 bridgehead atoms.